The maximum absolute atomic E-state index is 11.5. The molecule has 0 spiro atoms. The number of esters is 2. The fourth-order valence-corrected chi connectivity index (χ4v) is 1.64. The van der Waals surface area contributed by atoms with Crippen LogP contribution in [0.15, 0.2) is 22.7 Å². The first-order valence-corrected chi connectivity index (χ1v) is 5.89. The molecule has 0 unspecified atom stereocenters. The van der Waals surface area contributed by atoms with Gasteiger partial charge in [-0.1, -0.05) is 22.0 Å². The number of hydrogen-bond acceptors (Lipinski definition) is 5. The Morgan fingerprint density at radius 1 is 1.22 bits per heavy atom. The molecular weight excluding hydrogens is 304 g/mol. The minimum Gasteiger partial charge on any atom is -0.467 e. The smallest absolute Gasteiger partial charge is 0.338 e. The number of rotatable bonds is 5. The van der Waals surface area contributed by atoms with Gasteiger partial charge in [0.05, 0.1) is 26.4 Å². The van der Waals surface area contributed by atoms with Crippen LogP contribution < -0.4 is 0 Å². The summed E-state index contributed by atoms with van der Waals surface area (Å²) in [6.45, 7) is -0.0278. The van der Waals surface area contributed by atoms with E-state index in [1.54, 1.807) is 18.2 Å². The van der Waals surface area contributed by atoms with Gasteiger partial charge in [0.2, 0.25) is 0 Å². The Hall–Kier alpha value is -1.40. The van der Waals surface area contributed by atoms with Crippen molar-refractivity contribution in [1.82, 2.24) is 0 Å². The van der Waals surface area contributed by atoms with Crippen LogP contribution in [0.2, 0.25) is 0 Å². The molecule has 0 aliphatic rings. The van der Waals surface area contributed by atoms with Gasteiger partial charge in [-0.05, 0) is 17.7 Å². The zero-order valence-corrected chi connectivity index (χ0v) is 11.7. The van der Waals surface area contributed by atoms with E-state index in [1.807, 2.05) is 0 Å². The number of carbonyl (C=O) groups is 2. The van der Waals surface area contributed by atoms with E-state index < -0.39 is 11.9 Å². The highest BCUT2D eigenvalue weighted by atomic mass is 79.9. The average Bonchev–Trinajstić information content (AvgIpc) is 2.39. The number of halogens is 1. The normalized spacial score (nSPS) is 9.94. The van der Waals surface area contributed by atoms with Crippen LogP contribution in [0.1, 0.15) is 15.9 Å². The number of benzene rings is 1. The fourth-order valence-electron chi connectivity index (χ4n) is 1.28. The van der Waals surface area contributed by atoms with Gasteiger partial charge in [0.1, 0.15) is 6.61 Å². The first kappa shape index (κ1) is 14.7. The number of hydrogen-bond donors (Lipinski definition) is 0. The second-order valence-electron chi connectivity index (χ2n) is 3.36. The lowest BCUT2D eigenvalue weighted by Gasteiger charge is -2.08. The van der Waals surface area contributed by atoms with Crippen molar-refractivity contribution >= 4 is 27.9 Å². The van der Waals surface area contributed by atoms with E-state index in [2.05, 4.69) is 25.4 Å². The first-order valence-electron chi connectivity index (χ1n) is 5.09. The molecule has 0 bridgehead atoms. The molecule has 0 atom stereocenters. The van der Waals surface area contributed by atoms with E-state index in [1.165, 1.54) is 14.2 Å². The van der Waals surface area contributed by atoms with Crippen LogP contribution in [-0.2, 0) is 25.6 Å². The van der Waals surface area contributed by atoms with E-state index >= 15 is 0 Å². The number of carbonyl (C=O) groups excluding carboxylic acids is 2. The third kappa shape index (κ3) is 4.12. The van der Waals surface area contributed by atoms with Crippen LogP contribution in [-0.4, -0.2) is 32.8 Å². The average molecular weight is 317 g/mol. The largest absolute Gasteiger partial charge is 0.467 e. The van der Waals surface area contributed by atoms with E-state index in [0.29, 0.717) is 11.1 Å². The predicted octanol–water partition coefficient (Wildman–Crippen LogP) is 1.93. The fraction of sp³-hybridized carbons (Fsp3) is 0.333. The number of ether oxygens (including phenoxy) is 3. The molecule has 0 aliphatic heterocycles. The van der Waals surface area contributed by atoms with Crippen LogP contribution in [0.5, 0.6) is 0 Å². The summed E-state index contributed by atoms with van der Waals surface area (Å²) in [7, 11) is 2.59. The van der Waals surface area contributed by atoms with Crippen LogP contribution in [0.4, 0.5) is 0 Å². The van der Waals surface area contributed by atoms with Crippen molar-refractivity contribution in [3.63, 3.8) is 0 Å². The molecule has 0 saturated heterocycles. The summed E-state index contributed by atoms with van der Waals surface area (Å²) in [6.07, 6.45) is 0. The topological polar surface area (TPSA) is 61.8 Å². The van der Waals surface area contributed by atoms with Crippen molar-refractivity contribution in [3.8, 4) is 0 Å². The van der Waals surface area contributed by atoms with E-state index in [9.17, 15) is 9.59 Å². The van der Waals surface area contributed by atoms with Gasteiger partial charge in [-0.2, -0.15) is 0 Å². The molecule has 6 heteroatoms. The lowest BCUT2D eigenvalue weighted by molar-refractivity contribution is -0.146. The van der Waals surface area contributed by atoms with Crippen molar-refractivity contribution in [3.05, 3.63) is 33.8 Å². The van der Waals surface area contributed by atoms with Gasteiger partial charge in [0.25, 0.3) is 0 Å². The van der Waals surface area contributed by atoms with Crippen molar-refractivity contribution in [2.24, 2.45) is 0 Å². The molecule has 1 aromatic rings. The van der Waals surface area contributed by atoms with Crippen molar-refractivity contribution in [2.45, 2.75) is 6.61 Å². The molecule has 0 saturated carbocycles. The maximum Gasteiger partial charge on any atom is 0.338 e. The summed E-state index contributed by atoms with van der Waals surface area (Å²) in [6, 6.07) is 5.15. The monoisotopic (exact) mass is 316 g/mol. The van der Waals surface area contributed by atoms with Gasteiger partial charge in [-0.25, -0.2) is 9.59 Å². The molecule has 0 N–H and O–H groups in total. The molecule has 1 rings (SSSR count). The van der Waals surface area contributed by atoms with Gasteiger partial charge >= 0.3 is 11.9 Å². The third-order valence-corrected chi connectivity index (χ3v) is 2.68. The highest BCUT2D eigenvalue weighted by Crippen LogP contribution is 2.18. The van der Waals surface area contributed by atoms with E-state index in [4.69, 9.17) is 4.74 Å². The molecule has 1 aromatic carbocycles. The lowest BCUT2D eigenvalue weighted by atomic mass is 10.1. The number of methoxy groups -OCH3 is 2. The highest BCUT2D eigenvalue weighted by Gasteiger charge is 2.13. The summed E-state index contributed by atoms with van der Waals surface area (Å²) < 4.78 is 15.0. The van der Waals surface area contributed by atoms with Crippen molar-refractivity contribution < 1.29 is 23.8 Å². The Morgan fingerprint density at radius 3 is 2.56 bits per heavy atom. The van der Waals surface area contributed by atoms with Gasteiger partial charge in [-0.3, -0.25) is 0 Å². The zero-order chi connectivity index (χ0) is 13.5. The Balaban J connectivity index is 2.75. The van der Waals surface area contributed by atoms with Crippen molar-refractivity contribution in [2.75, 3.05) is 20.8 Å². The van der Waals surface area contributed by atoms with Gasteiger partial charge in [0.15, 0.2) is 0 Å². The van der Waals surface area contributed by atoms with Crippen molar-refractivity contribution in [1.29, 1.82) is 0 Å². The predicted molar refractivity (Wildman–Crippen MR) is 67.2 cm³/mol. The molecule has 18 heavy (non-hydrogen) atoms. The standard InChI is InChI=1S/C12H13BrO5/c1-16-11(14)7-18-6-8-3-4-9(13)5-10(8)12(15)17-2/h3-5H,6-7H2,1-2H3. The summed E-state index contributed by atoms with van der Waals surface area (Å²) >= 11 is 3.27. The van der Waals surface area contributed by atoms with Crippen LogP contribution in [0, 0.1) is 0 Å². The molecule has 0 amide bonds. The molecular formula is C12H13BrO5. The van der Waals surface area contributed by atoms with Gasteiger partial charge in [-0.15, -0.1) is 0 Å². The molecule has 0 aliphatic carbocycles. The zero-order valence-electron chi connectivity index (χ0n) is 10.1. The third-order valence-electron chi connectivity index (χ3n) is 2.18. The minimum atomic E-state index is -0.466. The summed E-state index contributed by atoms with van der Waals surface area (Å²) in [4.78, 5) is 22.4. The molecule has 0 heterocycles. The van der Waals surface area contributed by atoms with E-state index in [0.717, 1.165) is 4.47 Å². The van der Waals surface area contributed by atoms with E-state index in [-0.39, 0.29) is 13.2 Å². The quantitative estimate of drug-likeness (QED) is 0.777. The Kier molecular flexibility index (Phi) is 5.80. The molecule has 0 aromatic heterocycles. The Morgan fingerprint density at radius 2 is 1.94 bits per heavy atom. The molecule has 98 valence electrons. The highest BCUT2D eigenvalue weighted by molar-refractivity contribution is 9.10. The summed E-state index contributed by atoms with van der Waals surface area (Å²) in [5.41, 5.74) is 1.05. The second-order valence-corrected chi connectivity index (χ2v) is 4.28. The Labute approximate surface area is 113 Å². The van der Waals surface area contributed by atoms with Crippen LogP contribution >= 0.6 is 15.9 Å². The molecule has 0 radical (unpaired) electrons. The summed E-state index contributed by atoms with van der Waals surface area (Å²) in [5, 5.41) is 0. The first-order chi connectivity index (χ1) is 8.58. The second kappa shape index (κ2) is 7.13. The van der Waals surface area contributed by atoms with Crippen LogP contribution in [0.3, 0.4) is 0 Å². The summed E-state index contributed by atoms with van der Waals surface area (Å²) in [5.74, 6) is -0.917. The minimum absolute atomic E-state index is 0.132. The Bertz CT molecular complexity index is 444. The SMILES string of the molecule is COC(=O)COCc1ccc(Br)cc1C(=O)OC. The molecule has 5 nitrogen and oxygen atoms in total. The van der Waals surface area contributed by atoms with Gasteiger partial charge < -0.3 is 14.2 Å². The molecule has 0 fully saturated rings. The lowest BCUT2D eigenvalue weighted by Crippen LogP contribution is -2.12. The van der Waals surface area contributed by atoms with Gasteiger partial charge in [0, 0.05) is 4.47 Å². The maximum atomic E-state index is 11.5. The van der Waals surface area contributed by atoms with Crippen LogP contribution in [0.25, 0.3) is 0 Å².